The fourth-order valence-electron chi connectivity index (χ4n) is 2.13. The van der Waals surface area contributed by atoms with E-state index in [0.717, 1.165) is 11.3 Å². The second kappa shape index (κ2) is 6.90. The molecule has 5 nitrogen and oxygen atoms in total. The number of pyridine rings is 2. The van der Waals surface area contributed by atoms with Gasteiger partial charge in [-0.1, -0.05) is 11.6 Å². The molecule has 2 aromatic heterocycles. The molecule has 6 heteroatoms. The molecule has 0 aliphatic rings. The number of anilines is 1. The van der Waals surface area contributed by atoms with Crippen molar-refractivity contribution in [3.05, 3.63) is 77.2 Å². The van der Waals surface area contributed by atoms with E-state index in [1.54, 1.807) is 36.8 Å². The summed E-state index contributed by atoms with van der Waals surface area (Å²) in [5.41, 5.74) is 2.87. The van der Waals surface area contributed by atoms with E-state index in [2.05, 4.69) is 15.3 Å². The van der Waals surface area contributed by atoms with Gasteiger partial charge in [0.05, 0.1) is 39.8 Å². The third-order valence-electron chi connectivity index (χ3n) is 3.34. The minimum Gasteiger partial charge on any atom is -0.321 e. The average Bonchev–Trinajstić information content (AvgIpc) is 2.63. The van der Waals surface area contributed by atoms with Crippen LogP contribution in [0.15, 0.2) is 61.1 Å². The van der Waals surface area contributed by atoms with Gasteiger partial charge in [-0.25, -0.2) is 0 Å². The zero-order valence-corrected chi connectivity index (χ0v) is 13.2. The molecule has 1 amide bonds. The van der Waals surface area contributed by atoms with Crippen LogP contribution in [0.5, 0.6) is 0 Å². The summed E-state index contributed by atoms with van der Waals surface area (Å²) >= 11 is 6.03. The number of nitrogens with zero attached hydrogens (tertiary/aromatic N) is 3. The highest BCUT2D eigenvalue weighted by molar-refractivity contribution is 6.34. The summed E-state index contributed by atoms with van der Waals surface area (Å²) < 4.78 is 0. The smallest absolute Gasteiger partial charge is 0.257 e. The molecule has 0 unspecified atom stereocenters. The summed E-state index contributed by atoms with van der Waals surface area (Å²) in [6, 6.07) is 13.8. The van der Waals surface area contributed by atoms with Crippen molar-refractivity contribution in [2.24, 2.45) is 0 Å². The maximum Gasteiger partial charge on any atom is 0.257 e. The van der Waals surface area contributed by atoms with Gasteiger partial charge in [0.15, 0.2) is 0 Å². The van der Waals surface area contributed by atoms with Crippen LogP contribution in [0.2, 0.25) is 5.02 Å². The minimum absolute atomic E-state index is 0.244. The molecule has 0 radical (unpaired) electrons. The Morgan fingerprint density at radius 2 is 1.92 bits per heavy atom. The molecule has 0 bridgehead atoms. The first-order valence-electron chi connectivity index (χ1n) is 7.05. The van der Waals surface area contributed by atoms with Crippen LogP contribution in [-0.4, -0.2) is 15.9 Å². The number of halogens is 1. The Morgan fingerprint density at radius 1 is 1.12 bits per heavy atom. The Morgan fingerprint density at radius 3 is 2.58 bits per heavy atom. The van der Waals surface area contributed by atoms with E-state index in [1.165, 1.54) is 12.1 Å². The van der Waals surface area contributed by atoms with Gasteiger partial charge in [-0.15, -0.1) is 0 Å². The second-order valence-electron chi connectivity index (χ2n) is 4.93. The summed E-state index contributed by atoms with van der Waals surface area (Å²) in [5, 5.41) is 11.9. The summed E-state index contributed by atoms with van der Waals surface area (Å²) in [4.78, 5) is 20.6. The van der Waals surface area contributed by atoms with Crippen molar-refractivity contribution >= 4 is 23.2 Å². The highest BCUT2D eigenvalue weighted by Crippen LogP contribution is 2.21. The van der Waals surface area contributed by atoms with Crippen molar-refractivity contribution in [1.82, 2.24) is 9.97 Å². The van der Waals surface area contributed by atoms with E-state index >= 15 is 0 Å². The number of nitriles is 1. The molecule has 0 aliphatic heterocycles. The number of carbonyl (C=O) groups excluding carboxylic acids is 1. The van der Waals surface area contributed by atoms with Gasteiger partial charge >= 0.3 is 0 Å². The highest BCUT2D eigenvalue weighted by Gasteiger charge is 2.12. The number of nitrogens with one attached hydrogen (secondary N) is 1. The predicted octanol–water partition coefficient (Wildman–Crippen LogP) is 3.92. The van der Waals surface area contributed by atoms with Crippen LogP contribution in [0.3, 0.4) is 0 Å². The van der Waals surface area contributed by atoms with Gasteiger partial charge in [0.1, 0.15) is 0 Å². The number of benzene rings is 1. The lowest BCUT2D eigenvalue weighted by Gasteiger charge is -2.08. The Balaban J connectivity index is 1.79. The Bertz CT molecular complexity index is 918. The minimum atomic E-state index is -0.393. The SMILES string of the molecule is N#Cc1ccc(Cl)c(C(=O)Nc2ccc(-c3ccncc3)nc2)c1. The van der Waals surface area contributed by atoms with Crippen molar-refractivity contribution < 1.29 is 4.79 Å². The lowest BCUT2D eigenvalue weighted by Crippen LogP contribution is -2.13. The number of hydrogen-bond donors (Lipinski definition) is 1. The van der Waals surface area contributed by atoms with Crippen molar-refractivity contribution in [2.75, 3.05) is 5.32 Å². The fourth-order valence-corrected chi connectivity index (χ4v) is 2.33. The second-order valence-corrected chi connectivity index (χ2v) is 5.34. The van der Waals surface area contributed by atoms with Crippen LogP contribution >= 0.6 is 11.6 Å². The fraction of sp³-hybridized carbons (Fsp3) is 0. The first-order valence-corrected chi connectivity index (χ1v) is 7.42. The first kappa shape index (κ1) is 15.7. The molecular formula is C18H11ClN4O. The van der Waals surface area contributed by atoms with Gasteiger partial charge in [0, 0.05) is 18.0 Å². The molecular weight excluding hydrogens is 324 g/mol. The van der Waals surface area contributed by atoms with Gasteiger partial charge < -0.3 is 5.32 Å². The van der Waals surface area contributed by atoms with Crippen LogP contribution in [0.4, 0.5) is 5.69 Å². The molecule has 3 aromatic rings. The lowest BCUT2D eigenvalue weighted by atomic mass is 10.1. The maximum absolute atomic E-state index is 12.3. The number of hydrogen-bond acceptors (Lipinski definition) is 4. The molecule has 0 spiro atoms. The Labute approximate surface area is 143 Å². The Kier molecular flexibility index (Phi) is 4.50. The van der Waals surface area contributed by atoms with Gasteiger partial charge in [0.25, 0.3) is 5.91 Å². The van der Waals surface area contributed by atoms with Crippen LogP contribution in [0.25, 0.3) is 11.3 Å². The lowest BCUT2D eigenvalue weighted by molar-refractivity contribution is 0.102. The third kappa shape index (κ3) is 3.40. The van der Waals surface area contributed by atoms with E-state index < -0.39 is 5.91 Å². The zero-order chi connectivity index (χ0) is 16.9. The molecule has 24 heavy (non-hydrogen) atoms. The molecule has 3 rings (SSSR count). The third-order valence-corrected chi connectivity index (χ3v) is 3.67. The molecule has 0 saturated heterocycles. The van der Waals surface area contributed by atoms with Gasteiger partial charge in [0.2, 0.25) is 0 Å². The van der Waals surface area contributed by atoms with Gasteiger partial charge in [-0.3, -0.25) is 14.8 Å². The highest BCUT2D eigenvalue weighted by atomic mass is 35.5. The number of carbonyl (C=O) groups is 1. The van der Waals surface area contributed by atoms with E-state index in [9.17, 15) is 4.79 Å². The largest absolute Gasteiger partial charge is 0.321 e. The van der Waals surface area contributed by atoms with Gasteiger partial charge in [-0.2, -0.15) is 5.26 Å². The molecule has 116 valence electrons. The quantitative estimate of drug-likeness (QED) is 0.787. The van der Waals surface area contributed by atoms with E-state index in [1.807, 2.05) is 18.2 Å². The summed E-state index contributed by atoms with van der Waals surface area (Å²) in [6.07, 6.45) is 4.95. The van der Waals surface area contributed by atoms with Crippen LogP contribution in [0, 0.1) is 11.3 Å². The molecule has 0 atom stereocenters. The van der Waals surface area contributed by atoms with E-state index in [4.69, 9.17) is 16.9 Å². The summed E-state index contributed by atoms with van der Waals surface area (Å²) in [7, 11) is 0. The van der Waals surface area contributed by atoms with Crippen LogP contribution in [-0.2, 0) is 0 Å². The van der Waals surface area contributed by atoms with Crippen molar-refractivity contribution in [1.29, 1.82) is 5.26 Å². The van der Waals surface area contributed by atoms with E-state index in [-0.39, 0.29) is 10.6 Å². The number of aromatic nitrogens is 2. The standard InChI is InChI=1S/C18H11ClN4O/c19-16-3-1-12(10-20)9-15(16)18(24)23-14-2-4-17(22-11-14)13-5-7-21-8-6-13/h1-9,11H,(H,23,24). The molecule has 2 heterocycles. The maximum atomic E-state index is 12.3. The molecule has 1 aromatic carbocycles. The molecule has 0 aliphatic carbocycles. The number of amides is 1. The summed E-state index contributed by atoms with van der Waals surface area (Å²) in [5.74, 6) is -0.393. The average molecular weight is 335 g/mol. The van der Waals surface area contributed by atoms with Crippen LogP contribution < -0.4 is 5.32 Å². The normalized spacial score (nSPS) is 10.0. The zero-order valence-electron chi connectivity index (χ0n) is 12.4. The molecule has 0 saturated carbocycles. The molecule has 1 N–H and O–H groups in total. The molecule has 0 fully saturated rings. The van der Waals surface area contributed by atoms with Crippen molar-refractivity contribution in [3.8, 4) is 17.3 Å². The monoisotopic (exact) mass is 334 g/mol. The first-order chi connectivity index (χ1) is 11.7. The van der Waals surface area contributed by atoms with Crippen molar-refractivity contribution in [2.45, 2.75) is 0 Å². The van der Waals surface area contributed by atoms with Crippen LogP contribution in [0.1, 0.15) is 15.9 Å². The van der Waals surface area contributed by atoms with E-state index in [0.29, 0.717) is 11.3 Å². The Hall–Kier alpha value is -3.23. The predicted molar refractivity (Wildman–Crippen MR) is 91.6 cm³/mol. The summed E-state index contributed by atoms with van der Waals surface area (Å²) in [6.45, 7) is 0. The van der Waals surface area contributed by atoms with Gasteiger partial charge in [-0.05, 0) is 42.5 Å². The van der Waals surface area contributed by atoms with Crippen molar-refractivity contribution in [3.63, 3.8) is 0 Å². The number of rotatable bonds is 3. The topological polar surface area (TPSA) is 78.7 Å².